The lowest BCUT2D eigenvalue weighted by Gasteiger charge is -2.25. The second-order valence-corrected chi connectivity index (χ2v) is 5.79. The summed E-state index contributed by atoms with van der Waals surface area (Å²) in [5, 5.41) is 10.1. The van der Waals surface area contributed by atoms with Gasteiger partial charge < -0.3 is 10.8 Å². The number of aliphatic carboxylic acids is 1. The summed E-state index contributed by atoms with van der Waals surface area (Å²) in [6.07, 6.45) is 0. The van der Waals surface area contributed by atoms with Crippen molar-refractivity contribution in [1.82, 2.24) is 0 Å². The number of benzene rings is 2. The molecule has 0 saturated carbocycles. The van der Waals surface area contributed by atoms with E-state index in [1.807, 2.05) is 24.3 Å². The van der Waals surface area contributed by atoms with Crippen molar-refractivity contribution >= 4 is 29.3 Å². The molecule has 0 aliphatic rings. The van der Waals surface area contributed by atoms with Crippen LogP contribution in [0.1, 0.15) is 5.56 Å². The van der Waals surface area contributed by atoms with Gasteiger partial charge in [-0.25, -0.2) is 4.79 Å². The fourth-order valence-corrected chi connectivity index (χ4v) is 3.11. The van der Waals surface area contributed by atoms with Gasteiger partial charge in [-0.05, 0) is 17.7 Å². The van der Waals surface area contributed by atoms with Gasteiger partial charge in [0.05, 0.1) is 5.02 Å². The van der Waals surface area contributed by atoms with Crippen molar-refractivity contribution in [3.05, 3.63) is 65.2 Å². The van der Waals surface area contributed by atoms with Crippen molar-refractivity contribution in [3.8, 4) is 0 Å². The molecule has 0 bridgehead atoms. The van der Waals surface area contributed by atoms with Gasteiger partial charge >= 0.3 is 5.97 Å². The molecule has 0 aliphatic carbocycles. The molecule has 3 nitrogen and oxygen atoms in total. The van der Waals surface area contributed by atoms with E-state index in [1.54, 1.807) is 30.3 Å². The average Bonchev–Trinajstić information content (AvgIpc) is 2.47. The highest BCUT2D eigenvalue weighted by atomic mass is 35.5. The Morgan fingerprint density at radius 1 is 1.15 bits per heavy atom. The first kappa shape index (κ1) is 14.9. The topological polar surface area (TPSA) is 63.3 Å². The predicted octanol–water partition coefficient (Wildman–Crippen LogP) is 3.37. The molecule has 0 saturated heterocycles. The quantitative estimate of drug-likeness (QED) is 0.831. The van der Waals surface area contributed by atoms with Gasteiger partial charge in [-0.2, -0.15) is 0 Å². The minimum atomic E-state index is -1.44. The Bertz CT molecular complexity index is 606. The highest BCUT2D eigenvalue weighted by molar-refractivity contribution is 7.99. The Morgan fingerprint density at radius 2 is 1.75 bits per heavy atom. The fraction of sp³-hybridized carbons (Fsp3) is 0.133. The molecule has 20 heavy (non-hydrogen) atoms. The van der Waals surface area contributed by atoms with Crippen molar-refractivity contribution in [3.63, 3.8) is 0 Å². The second-order valence-electron chi connectivity index (χ2n) is 4.36. The van der Waals surface area contributed by atoms with E-state index in [9.17, 15) is 9.90 Å². The third-order valence-electron chi connectivity index (χ3n) is 2.96. The van der Waals surface area contributed by atoms with Crippen LogP contribution in [0.2, 0.25) is 5.02 Å². The first-order valence-electron chi connectivity index (χ1n) is 5.99. The summed E-state index contributed by atoms with van der Waals surface area (Å²) in [5.41, 5.74) is 5.23. The van der Waals surface area contributed by atoms with E-state index in [1.165, 1.54) is 11.8 Å². The van der Waals surface area contributed by atoms with Crippen LogP contribution in [-0.2, 0) is 10.3 Å². The Labute approximate surface area is 126 Å². The van der Waals surface area contributed by atoms with Gasteiger partial charge in [0.15, 0.2) is 0 Å². The maximum absolute atomic E-state index is 11.6. The summed E-state index contributed by atoms with van der Waals surface area (Å²) < 4.78 is 0. The molecule has 2 rings (SSSR count). The molecule has 0 aliphatic heterocycles. The average molecular weight is 308 g/mol. The van der Waals surface area contributed by atoms with Gasteiger partial charge in [-0.1, -0.05) is 54.1 Å². The van der Waals surface area contributed by atoms with Crippen LogP contribution in [0.15, 0.2) is 59.5 Å². The maximum atomic E-state index is 11.6. The van der Waals surface area contributed by atoms with Crippen molar-refractivity contribution in [2.75, 3.05) is 5.75 Å². The lowest BCUT2D eigenvalue weighted by molar-refractivity contribution is -0.142. The van der Waals surface area contributed by atoms with Gasteiger partial charge in [0.2, 0.25) is 0 Å². The molecule has 0 spiro atoms. The van der Waals surface area contributed by atoms with E-state index >= 15 is 0 Å². The Kier molecular flexibility index (Phi) is 4.70. The summed E-state index contributed by atoms with van der Waals surface area (Å²) in [6, 6.07) is 16.1. The van der Waals surface area contributed by atoms with E-state index in [0.717, 1.165) is 4.90 Å². The number of carboxylic acids is 1. The molecule has 0 radical (unpaired) electrons. The number of nitrogens with two attached hydrogens (primary N) is 1. The molecule has 0 heterocycles. The number of rotatable bonds is 5. The van der Waals surface area contributed by atoms with E-state index in [4.69, 9.17) is 17.3 Å². The lowest BCUT2D eigenvalue weighted by atomic mass is 9.93. The Morgan fingerprint density at radius 3 is 2.35 bits per heavy atom. The molecular weight excluding hydrogens is 294 g/mol. The maximum Gasteiger partial charge on any atom is 0.329 e. The molecular formula is C15H14ClNO2S. The van der Waals surface area contributed by atoms with Gasteiger partial charge in [0.1, 0.15) is 5.54 Å². The predicted molar refractivity (Wildman–Crippen MR) is 82.1 cm³/mol. The minimum Gasteiger partial charge on any atom is -0.480 e. The molecule has 3 N–H and O–H groups in total. The van der Waals surface area contributed by atoms with Crippen LogP contribution < -0.4 is 5.73 Å². The summed E-state index contributed by atoms with van der Waals surface area (Å²) in [7, 11) is 0. The number of hydrogen-bond donors (Lipinski definition) is 2. The van der Waals surface area contributed by atoms with Gasteiger partial charge in [-0.3, -0.25) is 0 Å². The normalized spacial score (nSPS) is 13.7. The van der Waals surface area contributed by atoms with Crippen LogP contribution in [0.5, 0.6) is 0 Å². The third kappa shape index (κ3) is 3.15. The number of halogens is 1. The molecule has 0 amide bonds. The van der Waals surface area contributed by atoms with E-state index in [2.05, 4.69) is 0 Å². The van der Waals surface area contributed by atoms with Crippen LogP contribution >= 0.6 is 23.4 Å². The highest BCUT2D eigenvalue weighted by Gasteiger charge is 2.36. The van der Waals surface area contributed by atoms with Gasteiger partial charge in [0, 0.05) is 10.6 Å². The van der Waals surface area contributed by atoms with E-state index < -0.39 is 11.5 Å². The third-order valence-corrected chi connectivity index (χ3v) is 4.67. The Hall–Kier alpha value is -1.49. The van der Waals surface area contributed by atoms with Crippen LogP contribution in [-0.4, -0.2) is 16.8 Å². The van der Waals surface area contributed by atoms with E-state index in [0.29, 0.717) is 10.6 Å². The standard InChI is InChI=1S/C15H14ClNO2S/c16-12-8-4-5-9-13(12)20-10-15(17,14(18)19)11-6-2-1-3-7-11/h1-9H,10,17H2,(H,18,19). The van der Waals surface area contributed by atoms with Crippen LogP contribution in [0.25, 0.3) is 0 Å². The molecule has 0 fully saturated rings. The van der Waals surface area contributed by atoms with Crippen molar-refractivity contribution in [2.45, 2.75) is 10.4 Å². The number of carbonyl (C=O) groups is 1. The Balaban J connectivity index is 2.23. The number of hydrogen-bond acceptors (Lipinski definition) is 3. The van der Waals surface area contributed by atoms with Crippen LogP contribution in [0.3, 0.4) is 0 Å². The largest absolute Gasteiger partial charge is 0.480 e. The van der Waals surface area contributed by atoms with Crippen LogP contribution in [0.4, 0.5) is 0 Å². The smallest absolute Gasteiger partial charge is 0.329 e. The van der Waals surface area contributed by atoms with Crippen molar-refractivity contribution < 1.29 is 9.90 Å². The summed E-state index contributed by atoms with van der Waals surface area (Å²) in [5.74, 6) is -0.848. The van der Waals surface area contributed by atoms with Crippen molar-refractivity contribution in [1.29, 1.82) is 0 Å². The molecule has 5 heteroatoms. The summed E-state index contributed by atoms with van der Waals surface area (Å²) >= 11 is 7.41. The molecule has 2 aromatic carbocycles. The zero-order valence-corrected chi connectivity index (χ0v) is 12.2. The fourth-order valence-electron chi connectivity index (χ4n) is 1.76. The SMILES string of the molecule is NC(CSc1ccccc1Cl)(C(=O)O)c1ccccc1. The second kappa shape index (κ2) is 6.31. The van der Waals surface area contributed by atoms with Gasteiger partial charge in [-0.15, -0.1) is 11.8 Å². The first-order valence-corrected chi connectivity index (χ1v) is 7.35. The number of thioether (sulfide) groups is 1. The molecule has 0 aromatic heterocycles. The van der Waals surface area contributed by atoms with Crippen LogP contribution in [0, 0.1) is 0 Å². The molecule has 2 aromatic rings. The summed E-state index contributed by atoms with van der Waals surface area (Å²) in [4.78, 5) is 12.4. The summed E-state index contributed by atoms with van der Waals surface area (Å²) in [6.45, 7) is 0. The molecule has 104 valence electrons. The minimum absolute atomic E-state index is 0.204. The lowest BCUT2D eigenvalue weighted by Crippen LogP contribution is -2.47. The molecule has 1 atom stereocenters. The highest BCUT2D eigenvalue weighted by Crippen LogP contribution is 2.32. The first-order chi connectivity index (χ1) is 9.54. The van der Waals surface area contributed by atoms with E-state index in [-0.39, 0.29) is 5.75 Å². The molecule has 1 unspecified atom stereocenters. The zero-order chi connectivity index (χ0) is 14.6. The zero-order valence-electron chi connectivity index (χ0n) is 10.6. The monoisotopic (exact) mass is 307 g/mol. The number of carboxylic acid groups (broad SMARTS) is 1. The van der Waals surface area contributed by atoms with Gasteiger partial charge in [0.25, 0.3) is 0 Å². The van der Waals surface area contributed by atoms with Crippen molar-refractivity contribution in [2.24, 2.45) is 5.73 Å².